The molecule has 0 aliphatic heterocycles. The van der Waals surface area contributed by atoms with E-state index in [0.29, 0.717) is 6.42 Å². The first-order valence-corrected chi connectivity index (χ1v) is 7.80. The number of ketones is 1. The second-order valence-corrected chi connectivity index (χ2v) is 3.88. The second kappa shape index (κ2) is 14.7. The number of hydrogen-bond donors (Lipinski definition) is 1. The minimum absolute atomic E-state index is 0.253. The van der Waals surface area contributed by atoms with E-state index in [2.05, 4.69) is 36.1 Å². The SMILES string of the molecule is CC.CC.CC(=O)CCc1ccc2ccccc2c1.CN. The zero-order valence-electron chi connectivity index (χ0n) is 14.4. The molecule has 0 aliphatic rings. The van der Waals surface area contributed by atoms with Crippen LogP contribution in [0.25, 0.3) is 10.8 Å². The normalized spacial score (nSPS) is 8.33. The lowest BCUT2D eigenvalue weighted by molar-refractivity contribution is -0.116. The van der Waals surface area contributed by atoms with E-state index in [1.54, 1.807) is 6.92 Å². The first-order chi connectivity index (χ1) is 10.3. The van der Waals surface area contributed by atoms with Gasteiger partial charge in [0, 0.05) is 6.42 Å². The van der Waals surface area contributed by atoms with Gasteiger partial charge in [0.25, 0.3) is 0 Å². The molecule has 0 spiro atoms. The highest BCUT2D eigenvalue weighted by Crippen LogP contribution is 2.16. The van der Waals surface area contributed by atoms with Crippen LogP contribution in [0.2, 0.25) is 0 Å². The quantitative estimate of drug-likeness (QED) is 0.865. The fourth-order valence-electron chi connectivity index (χ4n) is 1.71. The molecule has 0 fully saturated rings. The predicted octanol–water partition coefficient (Wildman–Crippen LogP) is 4.99. The molecule has 0 unspecified atom stereocenters. The molecular weight excluding hydrogens is 258 g/mol. The summed E-state index contributed by atoms with van der Waals surface area (Å²) >= 11 is 0. The molecule has 2 aromatic carbocycles. The third-order valence-electron chi connectivity index (χ3n) is 2.58. The maximum Gasteiger partial charge on any atom is 0.130 e. The molecule has 0 saturated heterocycles. The molecule has 118 valence electrons. The summed E-state index contributed by atoms with van der Waals surface area (Å²) in [5.41, 5.74) is 5.74. The van der Waals surface area contributed by atoms with E-state index < -0.39 is 0 Å². The third-order valence-corrected chi connectivity index (χ3v) is 2.58. The number of aryl methyl sites for hydroxylation is 1. The van der Waals surface area contributed by atoms with Crippen molar-refractivity contribution >= 4 is 16.6 Å². The molecule has 2 aromatic rings. The van der Waals surface area contributed by atoms with E-state index in [0.717, 1.165) is 6.42 Å². The van der Waals surface area contributed by atoms with E-state index in [1.807, 2.05) is 39.8 Å². The van der Waals surface area contributed by atoms with Crippen molar-refractivity contribution in [2.75, 3.05) is 7.05 Å². The number of Topliss-reactive ketones (excluding diaryl/α,β-unsaturated/α-hetero) is 1. The highest BCUT2D eigenvalue weighted by atomic mass is 16.1. The van der Waals surface area contributed by atoms with Crippen molar-refractivity contribution in [2.45, 2.75) is 47.5 Å². The fraction of sp³-hybridized carbons (Fsp3) is 0.421. The Morgan fingerprint density at radius 3 is 1.95 bits per heavy atom. The number of carbonyl (C=O) groups excluding carboxylic acids is 1. The molecule has 0 aliphatic carbocycles. The zero-order chi connectivity index (χ0) is 16.7. The third kappa shape index (κ3) is 8.98. The Bertz CT molecular complexity index is 492. The lowest BCUT2D eigenvalue weighted by Gasteiger charge is -2.02. The van der Waals surface area contributed by atoms with Crippen LogP contribution in [0.4, 0.5) is 0 Å². The van der Waals surface area contributed by atoms with Crippen molar-refractivity contribution in [3.05, 3.63) is 48.0 Å². The lowest BCUT2D eigenvalue weighted by atomic mass is 10.0. The Morgan fingerprint density at radius 2 is 1.43 bits per heavy atom. The smallest absolute Gasteiger partial charge is 0.130 e. The van der Waals surface area contributed by atoms with E-state index in [4.69, 9.17) is 0 Å². The molecule has 0 bridgehead atoms. The zero-order valence-corrected chi connectivity index (χ0v) is 14.4. The van der Waals surface area contributed by atoms with Crippen molar-refractivity contribution in [2.24, 2.45) is 5.73 Å². The average molecular weight is 289 g/mol. The molecule has 2 heteroatoms. The van der Waals surface area contributed by atoms with Crippen molar-refractivity contribution in [1.82, 2.24) is 0 Å². The topological polar surface area (TPSA) is 43.1 Å². The van der Waals surface area contributed by atoms with Gasteiger partial charge in [0.2, 0.25) is 0 Å². The molecule has 2 nitrogen and oxygen atoms in total. The van der Waals surface area contributed by atoms with Gasteiger partial charge in [-0.2, -0.15) is 0 Å². The Labute approximate surface area is 130 Å². The number of nitrogens with two attached hydrogens (primary N) is 1. The van der Waals surface area contributed by atoms with Gasteiger partial charge < -0.3 is 10.5 Å². The van der Waals surface area contributed by atoms with E-state index >= 15 is 0 Å². The van der Waals surface area contributed by atoms with Crippen LogP contribution >= 0.6 is 0 Å². The first-order valence-electron chi connectivity index (χ1n) is 7.80. The first kappa shape index (κ1) is 21.6. The van der Waals surface area contributed by atoms with Gasteiger partial charge in [0.1, 0.15) is 5.78 Å². The lowest BCUT2D eigenvalue weighted by Crippen LogP contribution is -1.93. The monoisotopic (exact) mass is 289 g/mol. The van der Waals surface area contributed by atoms with Crippen LogP contribution < -0.4 is 5.73 Å². The van der Waals surface area contributed by atoms with Gasteiger partial charge >= 0.3 is 0 Å². The minimum atomic E-state index is 0.253. The maximum atomic E-state index is 10.9. The van der Waals surface area contributed by atoms with Gasteiger partial charge in [0.15, 0.2) is 0 Å². The number of hydrogen-bond acceptors (Lipinski definition) is 2. The predicted molar refractivity (Wildman–Crippen MR) is 95.8 cm³/mol. The summed E-state index contributed by atoms with van der Waals surface area (Å²) in [4.78, 5) is 10.9. The molecule has 2 rings (SSSR count). The van der Waals surface area contributed by atoms with Gasteiger partial charge in [-0.15, -0.1) is 0 Å². The van der Waals surface area contributed by atoms with Crippen LogP contribution in [0.5, 0.6) is 0 Å². The summed E-state index contributed by atoms with van der Waals surface area (Å²) < 4.78 is 0. The van der Waals surface area contributed by atoms with Crippen LogP contribution in [0.1, 0.15) is 46.6 Å². The Balaban J connectivity index is 0. The molecular formula is C19H31NO. The average Bonchev–Trinajstić information content (AvgIpc) is 2.58. The molecule has 0 heterocycles. The van der Waals surface area contributed by atoms with E-state index in [1.165, 1.54) is 23.4 Å². The second-order valence-electron chi connectivity index (χ2n) is 3.88. The van der Waals surface area contributed by atoms with Crippen LogP contribution in [-0.4, -0.2) is 12.8 Å². The summed E-state index contributed by atoms with van der Waals surface area (Å²) in [5, 5.41) is 2.50. The molecule has 0 atom stereocenters. The van der Waals surface area contributed by atoms with E-state index in [-0.39, 0.29) is 5.78 Å². The van der Waals surface area contributed by atoms with Gasteiger partial charge in [0.05, 0.1) is 0 Å². The Morgan fingerprint density at radius 1 is 0.905 bits per heavy atom. The number of fused-ring (bicyclic) bond motifs is 1. The largest absolute Gasteiger partial charge is 0.333 e. The molecule has 0 radical (unpaired) electrons. The van der Waals surface area contributed by atoms with Crippen molar-refractivity contribution in [3.63, 3.8) is 0 Å². The number of benzene rings is 2. The highest BCUT2D eigenvalue weighted by molar-refractivity contribution is 5.83. The Kier molecular flexibility index (Phi) is 15.2. The van der Waals surface area contributed by atoms with Crippen LogP contribution in [0.3, 0.4) is 0 Å². The van der Waals surface area contributed by atoms with Crippen LogP contribution in [0.15, 0.2) is 42.5 Å². The van der Waals surface area contributed by atoms with Crippen molar-refractivity contribution in [3.8, 4) is 0 Å². The van der Waals surface area contributed by atoms with Gasteiger partial charge in [-0.05, 0) is 36.7 Å². The molecule has 0 amide bonds. The van der Waals surface area contributed by atoms with Gasteiger partial charge in [-0.3, -0.25) is 0 Å². The van der Waals surface area contributed by atoms with Crippen LogP contribution in [-0.2, 0) is 11.2 Å². The molecule has 0 saturated carbocycles. The van der Waals surface area contributed by atoms with Gasteiger partial charge in [-0.25, -0.2) is 0 Å². The summed E-state index contributed by atoms with van der Waals surface area (Å²) in [7, 11) is 1.50. The summed E-state index contributed by atoms with van der Waals surface area (Å²) in [6, 6.07) is 14.7. The summed E-state index contributed by atoms with van der Waals surface area (Å²) in [6.45, 7) is 9.64. The molecule has 21 heavy (non-hydrogen) atoms. The van der Waals surface area contributed by atoms with Crippen molar-refractivity contribution < 1.29 is 4.79 Å². The minimum Gasteiger partial charge on any atom is -0.333 e. The highest BCUT2D eigenvalue weighted by Gasteiger charge is 1.98. The summed E-state index contributed by atoms with van der Waals surface area (Å²) in [6.07, 6.45) is 1.48. The fourth-order valence-corrected chi connectivity index (χ4v) is 1.71. The summed E-state index contributed by atoms with van der Waals surface area (Å²) in [5.74, 6) is 0.253. The Hall–Kier alpha value is -1.67. The van der Waals surface area contributed by atoms with Crippen molar-refractivity contribution in [1.29, 1.82) is 0 Å². The molecule has 0 aromatic heterocycles. The standard InChI is InChI=1S/C14H14O.2C2H6.CH5N/c1-11(15)6-7-12-8-9-13-4-2-3-5-14(13)10-12;3*1-2/h2-5,8-10H,6-7H2,1H3;2*1-2H3;2H2,1H3. The maximum absolute atomic E-state index is 10.9. The van der Waals surface area contributed by atoms with Gasteiger partial charge in [-0.1, -0.05) is 70.2 Å². The number of carbonyl (C=O) groups is 1. The number of rotatable bonds is 3. The van der Waals surface area contributed by atoms with Crippen LogP contribution in [0, 0.1) is 0 Å². The van der Waals surface area contributed by atoms with E-state index in [9.17, 15) is 4.79 Å². The molecule has 2 N–H and O–H groups in total.